The largest absolute Gasteiger partial charge is 0.418 e. The molecule has 0 saturated carbocycles. The van der Waals surface area contributed by atoms with Crippen LogP contribution in [0.4, 0.5) is 19.0 Å². The number of alkyl halides is 3. The molecule has 0 aliphatic heterocycles. The Balaban J connectivity index is 1.64. The lowest BCUT2D eigenvalue weighted by Crippen LogP contribution is -2.28. The number of amides is 1. The quantitative estimate of drug-likeness (QED) is 0.436. The van der Waals surface area contributed by atoms with Gasteiger partial charge in [-0.25, -0.2) is 9.36 Å². The molecule has 0 bridgehead atoms. The normalized spacial score (nSPS) is 11.5. The number of hydrogen-bond acceptors (Lipinski definition) is 4. The third-order valence-corrected chi connectivity index (χ3v) is 5.48. The lowest BCUT2D eigenvalue weighted by atomic mass is 10.1. The average Bonchev–Trinajstić information content (AvgIpc) is 3.25. The molecule has 0 saturated heterocycles. The van der Waals surface area contributed by atoms with Gasteiger partial charge in [-0.3, -0.25) is 9.59 Å². The van der Waals surface area contributed by atoms with Crippen molar-refractivity contribution in [3.8, 4) is 5.69 Å². The van der Waals surface area contributed by atoms with E-state index in [0.717, 1.165) is 28.8 Å². The molecule has 1 N–H and O–H groups in total. The third kappa shape index (κ3) is 5.16. The highest BCUT2D eigenvalue weighted by Crippen LogP contribution is 2.33. The number of halogens is 3. The van der Waals surface area contributed by atoms with Crippen LogP contribution in [0, 0.1) is 6.92 Å². The van der Waals surface area contributed by atoms with Crippen LogP contribution in [0.25, 0.3) is 5.69 Å². The highest BCUT2D eigenvalue weighted by Gasteiger charge is 2.34. The van der Waals surface area contributed by atoms with Crippen LogP contribution < -0.4 is 10.7 Å². The predicted molar refractivity (Wildman–Crippen MR) is 125 cm³/mol. The number of para-hydroxylation sites is 1. The molecule has 0 aliphatic rings. The molecule has 1 amide bonds. The predicted octanol–water partition coefficient (Wildman–Crippen LogP) is 4.62. The lowest BCUT2D eigenvalue weighted by Gasteiger charge is -2.16. The first-order valence-corrected chi connectivity index (χ1v) is 10.9. The van der Waals surface area contributed by atoms with E-state index in [-0.39, 0.29) is 11.4 Å². The van der Waals surface area contributed by atoms with Crippen molar-refractivity contribution in [3.63, 3.8) is 0 Å². The van der Waals surface area contributed by atoms with Crippen LogP contribution in [0.3, 0.4) is 0 Å². The van der Waals surface area contributed by atoms with Gasteiger partial charge < -0.3 is 5.32 Å². The second-order valence-electron chi connectivity index (χ2n) is 7.92. The number of aryl methyl sites for hydroxylation is 2. The molecular weight excluding hydrogens is 459 g/mol. The maximum Gasteiger partial charge on any atom is 0.418 e. The van der Waals surface area contributed by atoms with Gasteiger partial charge in [-0.05, 0) is 36.6 Å². The number of carbonyl (C=O) groups is 1. The fraction of sp³-hybridized carbons (Fsp3) is 0.200. The zero-order valence-electron chi connectivity index (χ0n) is 19.0. The molecule has 7 nitrogen and oxygen atoms in total. The van der Waals surface area contributed by atoms with Gasteiger partial charge in [0, 0.05) is 17.8 Å². The Morgan fingerprint density at radius 3 is 2.40 bits per heavy atom. The van der Waals surface area contributed by atoms with Gasteiger partial charge in [0.2, 0.25) is 5.43 Å². The number of anilines is 1. The summed E-state index contributed by atoms with van der Waals surface area (Å²) in [6.07, 6.45) is -2.23. The topological polar surface area (TPSA) is 81.8 Å². The highest BCUT2D eigenvalue weighted by molar-refractivity contribution is 6.02. The molecule has 0 fully saturated rings. The zero-order chi connectivity index (χ0) is 25.2. The number of hydrogen-bond donors (Lipinski definition) is 1. The van der Waals surface area contributed by atoms with Gasteiger partial charge >= 0.3 is 6.18 Å². The van der Waals surface area contributed by atoms with Crippen LogP contribution in [0.5, 0.6) is 0 Å². The molecule has 0 radical (unpaired) electrons. The van der Waals surface area contributed by atoms with E-state index < -0.39 is 28.8 Å². The second kappa shape index (κ2) is 9.57. The van der Waals surface area contributed by atoms with Crippen molar-refractivity contribution >= 4 is 11.7 Å². The summed E-state index contributed by atoms with van der Waals surface area (Å²) < 4.78 is 43.1. The Kier molecular flexibility index (Phi) is 6.54. The fourth-order valence-corrected chi connectivity index (χ4v) is 3.64. The lowest BCUT2D eigenvalue weighted by molar-refractivity contribution is -0.137. The molecule has 2 aromatic carbocycles. The van der Waals surface area contributed by atoms with Gasteiger partial charge in [-0.2, -0.15) is 23.4 Å². The molecule has 2 aromatic heterocycles. The Morgan fingerprint density at radius 1 is 1.03 bits per heavy atom. The summed E-state index contributed by atoms with van der Waals surface area (Å²) in [4.78, 5) is 25.5. The van der Waals surface area contributed by atoms with Crippen molar-refractivity contribution in [2.75, 3.05) is 5.32 Å². The fourth-order valence-electron chi connectivity index (χ4n) is 3.64. The van der Waals surface area contributed by atoms with Gasteiger partial charge in [0.05, 0.1) is 24.0 Å². The van der Waals surface area contributed by atoms with Gasteiger partial charge in [0.25, 0.3) is 5.91 Å². The van der Waals surface area contributed by atoms with E-state index in [1.165, 1.54) is 36.9 Å². The molecule has 10 heteroatoms. The summed E-state index contributed by atoms with van der Waals surface area (Å²) in [6.45, 7) is 3.88. The highest BCUT2D eigenvalue weighted by atomic mass is 19.4. The number of benzene rings is 2. The Labute approximate surface area is 198 Å². The van der Waals surface area contributed by atoms with Crippen LogP contribution in [-0.2, 0) is 19.1 Å². The molecule has 2 heterocycles. The van der Waals surface area contributed by atoms with Crippen LogP contribution in [0.15, 0.2) is 71.7 Å². The first kappa shape index (κ1) is 23.9. The van der Waals surface area contributed by atoms with Gasteiger partial charge in [-0.15, -0.1) is 0 Å². The molecule has 4 aromatic rings. The monoisotopic (exact) mass is 481 g/mol. The van der Waals surface area contributed by atoms with E-state index in [1.54, 1.807) is 10.7 Å². The van der Waals surface area contributed by atoms with Crippen molar-refractivity contribution in [2.45, 2.75) is 33.0 Å². The molecule has 0 spiro atoms. The molecule has 180 valence electrons. The van der Waals surface area contributed by atoms with Gasteiger partial charge in [0.1, 0.15) is 5.82 Å². The first-order chi connectivity index (χ1) is 16.7. The number of rotatable bonds is 6. The standard InChI is InChI=1S/C25H22F3N5O2/c1-3-17-8-10-18(11-9-17)15-32-22(12-13-29-32)30-24(35)23-21(34)14-16(2)33(31-23)20-7-5-4-6-19(20)25(26,27)28/h4-14H,3,15H2,1-2H3,(H,30,35). The average molecular weight is 481 g/mol. The minimum Gasteiger partial charge on any atom is -0.305 e. The Bertz CT molecular complexity index is 1420. The van der Waals surface area contributed by atoms with Crippen LogP contribution >= 0.6 is 0 Å². The molecular formula is C25H22F3N5O2. The SMILES string of the molecule is CCc1ccc(Cn2nccc2NC(=O)c2nn(-c3ccccc3C(F)(F)F)c(C)cc2=O)cc1. The van der Waals surface area contributed by atoms with E-state index in [2.05, 4.69) is 22.4 Å². The summed E-state index contributed by atoms with van der Waals surface area (Å²) in [6, 6.07) is 15.4. The van der Waals surface area contributed by atoms with Crippen LogP contribution in [0.1, 0.15) is 39.8 Å². The van der Waals surface area contributed by atoms with Crippen LogP contribution in [-0.4, -0.2) is 25.5 Å². The molecule has 0 unspecified atom stereocenters. The smallest absolute Gasteiger partial charge is 0.305 e. The van der Waals surface area contributed by atoms with Gasteiger partial charge in [-0.1, -0.05) is 43.3 Å². The minimum atomic E-state index is -4.64. The van der Waals surface area contributed by atoms with E-state index in [4.69, 9.17) is 0 Å². The third-order valence-electron chi connectivity index (χ3n) is 5.48. The number of carbonyl (C=O) groups excluding carboxylic acids is 1. The van der Waals surface area contributed by atoms with E-state index in [9.17, 15) is 22.8 Å². The van der Waals surface area contributed by atoms with E-state index >= 15 is 0 Å². The van der Waals surface area contributed by atoms with Crippen molar-refractivity contribution in [2.24, 2.45) is 0 Å². The molecule has 0 atom stereocenters. The summed E-state index contributed by atoms with van der Waals surface area (Å²) in [5.41, 5.74) is -0.152. The van der Waals surface area contributed by atoms with Crippen LogP contribution in [0.2, 0.25) is 0 Å². The van der Waals surface area contributed by atoms with Crippen molar-refractivity contribution < 1.29 is 18.0 Å². The molecule has 0 aliphatic carbocycles. The Hall–Kier alpha value is -4.21. The van der Waals surface area contributed by atoms with Crippen molar-refractivity contribution in [1.29, 1.82) is 0 Å². The molecule has 4 rings (SSSR count). The summed E-state index contributed by atoms with van der Waals surface area (Å²) >= 11 is 0. The maximum absolute atomic E-state index is 13.5. The number of nitrogens with zero attached hydrogens (tertiary/aromatic N) is 4. The zero-order valence-corrected chi connectivity index (χ0v) is 19.0. The minimum absolute atomic E-state index is 0.156. The van der Waals surface area contributed by atoms with E-state index in [0.29, 0.717) is 12.4 Å². The summed E-state index contributed by atoms with van der Waals surface area (Å²) in [7, 11) is 0. The summed E-state index contributed by atoms with van der Waals surface area (Å²) in [5, 5.41) is 10.8. The number of nitrogens with one attached hydrogen (secondary N) is 1. The molecule has 35 heavy (non-hydrogen) atoms. The number of aromatic nitrogens is 4. The van der Waals surface area contributed by atoms with E-state index in [1.807, 2.05) is 24.3 Å². The Morgan fingerprint density at radius 2 is 1.71 bits per heavy atom. The van der Waals surface area contributed by atoms with Crippen molar-refractivity contribution in [3.05, 3.63) is 105 Å². The second-order valence-corrected chi connectivity index (χ2v) is 7.92. The van der Waals surface area contributed by atoms with Gasteiger partial charge in [0.15, 0.2) is 5.69 Å². The maximum atomic E-state index is 13.5. The van der Waals surface area contributed by atoms with Crippen molar-refractivity contribution in [1.82, 2.24) is 19.6 Å². The summed E-state index contributed by atoms with van der Waals surface area (Å²) in [5.74, 6) is -0.532. The first-order valence-electron chi connectivity index (χ1n) is 10.9.